The lowest BCUT2D eigenvalue weighted by Gasteiger charge is -2.31. The predicted octanol–water partition coefficient (Wildman–Crippen LogP) is 4.82. The zero-order valence-electron chi connectivity index (χ0n) is 18.0. The summed E-state index contributed by atoms with van der Waals surface area (Å²) in [5, 5.41) is 4.33. The Kier molecular flexibility index (Phi) is 6.28. The number of H-pyrrole nitrogens is 1. The van der Waals surface area contributed by atoms with Gasteiger partial charge in [0.05, 0.1) is 5.69 Å². The van der Waals surface area contributed by atoms with Gasteiger partial charge < -0.3 is 4.90 Å². The molecule has 2 aromatic heterocycles. The Morgan fingerprint density at radius 1 is 0.938 bits per heavy atom. The van der Waals surface area contributed by atoms with Gasteiger partial charge in [0.1, 0.15) is 18.1 Å². The van der Waals surface area contributed by atoms with Gasteiger partial charge >= 0.3 is 5.95 Å². The van der Waals surface area contributed by atoms with Crippen LogP contribution >= 0.6 is 11.6 Å². The standard InChI is InChI=1S/C26H26ClN5/c27-23-9-7-22(8-10-23)25-19-24(30-32(25)26-28-14-4-15-29-26)21-12-17-31(18-13-21)16-11-20-5-2-1-3-6-20/h1-10,14-15,19,21H,11-13,16-18H2/p+1. The van der Waals surface area contributed by atoms with Crippen LogP contribution in [-0.2, 0) is 6.42 Å². The summed E-state index contributed by atoms with van der Waals surface area (Å²) in [5.74, 6) is 1.14. The molecule has 32 heavy (non-hydrogen) atoms. The van der Waals surface area contributed by atoms with Gasteiger partial charge in [-0.15, -0.1) is 4.68 Å². The van der Waals surface area contributed by atoms with Crippen LogP contribution in [0.3, 0.4) is 0 Å². The first-order chi connectivity index (χ1) is 15.8. The molecule has 1 aliphatic heterocycles. The summed E-state index contributed by atoms with van der Waals surface area (Å²) in [4.78, 5) is 11.5. The number of piperidine rings is 1. The zero-order chi connectivity index (χ0) is 21.8. The average molecular weight is 445 g/mol. The highest BCUT2D eigenvalue weighted by molar-refractivity contribution is 6.30. The first kappa shape index (κ1) is 20.9. The number of rotatable bonds is 6. The van der Waals surface area contributed by atoms with Gasteiger partial charge in [0, 0.05) is 35.2 Å². The molecule has 0 radical (unpaired) electrons. The van der Waals surface area contributed by atoms with Gasteiger partial charge in [-0.25, -0.2) is 5.10 Å². The van der Waals surface area contributed by atoms with E-state index in [1.807, 2.05) is 35.0 Å². The molecule has 2 aromatic carbocycles. The molecule has 5 nitrogen and oxygen atoms in total. The van der Waals surface area contributed by atoms with E-state index in [2.05, 4.69) is 56.4 Å². The van der Waals surface area contributed by atoms with E-state index in [4.69, 9.17) is 11.6 Å². The van der Waals surface area contributed by atoms with Crippen molar-refractivity contribution in [2.24, 2.45) is 0 Å². The van der Waals surface area contributed by atoms with Crippen molar-refractivity contribution in [3.63, 3.8) is 0 Å². The number of nitrogens with one attached hydrogen (secondary N) is 1. The van der Waals surface area contributed by atoms with E-state index in [9.17, 15) is 0 Å². The maximum absolute atomic E-state index is 6.12. The molecule has 0 saturated carbocycles. The van der Waals surface area contributed by atoms with E-state index in [0.717, 1.165) is 55.2 Å². The van der Waals surface area contributed by atoms with Crippen LogP contribution in [0.1, 0.15) is 30.0 Å². The molecule has 3 heterocycles. The maximum atomic E-state index is 6.12. The van der Waals surface area contributed by atoms with Crippen molar-refractivity contribution in [1.82, 2.24) is 20.0 Å². The second-order valence-electron chi connectivity index (χ2n) is 8.34. The quantitative estimate of drug-likeness (QED) is 0.433. The minimum absolute atomic E-state index is 0.499. The molecule has 0 atom stereocenters. The molecule has 1 N–H and O–H groups in total. The second-order valence-corrected chi connectivity index (χ2v) is 8.78. The summed E-state index contributed by atoms with van der Waals surface area (Å²) >= 11 is 6.12. The van der Waals surface area contributed by atoms with Crippen LogP contribution in [0.25, 0.3) is 17.2 Å². The molecule has 4 aromatic rings. The average Bonchev–Trinajstić information content (AvgIpc) is 3.30. The lowest BCUT2D eigenvalue weighted by molar-refractivity contribution is -0.652. The summed E-state index contributed by atoms with van der Waals surface area (Å²) < 4.78 is 1.99. The number of likely N-dealkylation sites (tertiary alicyclic amines) is 1. The fourth-order valence-electron chi connectivity index (χ4n) is 4.44. The Bertz CT molecular complexity index is 1130. The molecule has 1 fully saturated rings. The molecule has 0 aliphatic carbocycles. The van der Waals surface area contributed by atoms with Gasteiger partial charge in [0.2, 0.25) is 0 Å². The highest BCUT2D eigenvalue weighted by Gasteiger charge is 2.26. The van der Waals surface area contributed by atoms with Crippen molar-refractivity contribution in [2.75, 3.05) is 19.6 Å². The van der Waals surface area contributed by atoms with Crippen molar-refractivity contribution < 1.29 is 4.68 Å². The van der Waals surface area contributed by atoms with Crippen molar-refractivity contribution >= 4 is 11.6 Å². The molecule has 0 spiro atoms. The summed E-state index contributed by atoms with van der Waals surface area (Å²) in [5.41, 5.74) is 4.79. The third-order valence-electron chi connectivity index (χ3n) is 6.25. The lowest BCUT2D eigenvalue weighted by Crippen LogP contribution is -2.38. The molecule has 6 heteroatoms. The third kappa shape index (κ3) is 4.74. The summed E-state index contributed by atoms with van der Waals surface area (Å²) in [7, 11) is 0. The molecule has 0 bridgehead atoms. The predicted molar refractivity (Wildman–Crippen MR) is 127 cm³/mol. The Hall–Kier alpha value is -3.02. The molecular formula is C26H27ClN5+. The number of benzene rings is 2. The van der Waals surface area contributed by atoms with E-state index < -0.39 is 0 Å². The van der Waals surface area contributed by atoms with E-state index in [1.54, 1.807) is 12.4 Å². The minimum Gasteiger partial charge on any atom is -0.303 e. The Morgan fingerprint density at radius 3 is 2.38 bits per heavy atom. The van der Waals surface area contributed by atoms with Crippen LogP contribution < -0.4 is 4.68 Å². The van der Waals surface area contributed by atoms with Crippen LogP contribution in [0.5, 0.6) is 0 Å². The van der Waals surface area contributed by atoms with Gasteiger partial charge in [-0.3, -0.25) is 0 Å². The highest BCUT2D eigenvalue weighted by atomic mass is 35.5. The fraction of sp³-hybridized carbons (Fsp3) is 0.269. The van der Waals surface area contributed by atoms with Crippen molar-refractivity contribution in [3.05, 3.63) is 95.4 Å². The van der Waals surface area contributed by atoms with Crippen LogP contribution in [0.2, 0.25) is 5.02 Å². The van der Waals surface area contributed by atoms with Crippen molar-refractivity contribution in [2.45, 2.75) is 25.2 Å². The highest BCUT2D eigenvalue weighted by Crippen LogP contribution is 2.29. The monoisotopic (exact) mass is 444 g/mol. The Labute approximate surface area is 193 Å². The Balaban J connectivity index is 1.32. The van der Waals surface area contributed by atoms with Crippen LogP contribution in [0.4, 0.5) is 0 Å². The molecule has 162 valence electrons. The number of aromatic nitrogens is 4. The van der Waals surface area contributed by atoms with Crippen LogP contribution in [0, 0.1) is 0 Å². The lowest BCUT2D eigenvalue weighted by atomic mass is 9.93. The first-order valence-electron chi connectivity index (χ1n) is 11.2. The molecule has 1 saturated heterocycles. The van der Waals surface area contributed by atoms with Crippen molar-refractivity contribution in [1.29, 1.82) is 0 Å². The van der Waals surface area contributed by atoms with Gasteiger partial charge in [-0.05, 0) is 62.2 Å². The molecule has 0 unspecified atom stereocenters. The molecule has 1 aliphatic rings. The van der Waals surface area contributed by atoms with Gasteiger partial charge in [-0.1, -0.05) is 51.9 Å². The number of halogens is 1. The van der Waals surface area contributed by atoms with Gasteiger partial charge in [0.25, 0.3) is 0 Å². The summed E-state index contributed by atoms with van der Waals surface area (Å²) in [6.45, 7) is 3.36. The van der Waals surface area contributed by atoms with E-state index in [-0.39, 0.29) is 0 Å². The van der Waals surface area contributed by atoms with Crippen molar-refractivity contribution in [3.8, 4) is 17.2 Å². The van der Waals surface area contributed by atoms with Gasteiger partial charge in [0.15, 0.2) is 0 Å². The van der Waals surface area contributed by atoms with Gasteiger partial charge in [-0.2, -0.15) is 0 Å². The SMILES string of the molecule is Clc1ccc(-c2cc(C3CCN(CCc4ccccc4)CC3)[nH][n+]2-c2ncccn2)cc1. The first-order valence-corrected chi connectivity index (χ1v) is 11.6. The number of hydrogen-bond acceptors (Lipinski definition) is 3. The largest absolute Gasteiger partial charge is 0.455 e. The van der Waals surface area contributed by atoms with Crippen LogP contribution in [0.15, 0.2) is 79.1 Å². The number of aromatic amines is 1. The topological polar surface area (TPSA) is 48.7 Å². The third-order valence-corrected chi connectivity index (χ3v) is 6.51. The maximum Gasteiger partial charge on any atom is 0.455 e. The number of hydrogen-bond donors (Lipinski definition) is 1. The smallest absolute Gasteiger partial charge is 0.303 e. The Morgan fingerprint density at radius 2 is 1.66 bits per heavy atom. The number of nitrogens with zero attached hydrogens (tertiary/aromatic N) is 4. The normalized spacial score (nSPS) is 15.2. The molecule has 0 amide bonds. The van der Waals surface area contributed by atoms with E-state index >= 15 is 0 Å². The molecular weight excluding hydrogens is 418 g/mol. The summed E-state index contributed by atoms with van der Waals surface area (Å²) in [6.07, 6.45) is 6.94. The fourth-order valence-corrected chi connectivity index (χ4v) is 4.57. The zero-order valence-corrected chi connectivity index (χ0v) is 18.7. The van der Waals surface area contributed by atoms with E-state index in [0.29, 0.717) is 11.9 Å². The van der Waals surface area contributed by atoms with E-state index in [1.165, 1.54) is 11.3 Å². The second kappa shape index (κ2) is 9.63. The minimum atomic E-state index is 0.499. The molecule has 5 rings (SSSR count). The van der Waals surface area contributed by atoms with Crippen LogP contribution in [-0.4, -0.2) is 39.6 Å². The summed E-state index contributed by atoms with van der Waals surface area (Å²) in [6, 6.07) is 22.8.